The number of allylic oxidation sites excluding steroid dienone is 1. The zero-order valence-electron chi connectivity index (χ0n) is 15.7. The van der Waals surface area contributed by atoms with Crippen LogP contribution < -0.4 is 4.74 Å². The highest BCUT2D eigenvalue weighted by atomic mass is 19.1. The predicted molar refractivity (Wildman–Crippen MR) is 102 cm³/mol. The first-order valence-electron chi connectivity index (χ1n) is 8.88. The van der Waals surface area contributed by atoms with Crippen LogP contribution in [-0.4, -0.2) is 28.0 Å². The van der Waals surface area contributed by atoms with E-state index in [2.05, 4.69) is 10.1 Å². The molecule has 146 valence electrons. The van der Waals surface area contributed by atoms with Crippen LogP contribution in [0.4, 0.5) is 8.78 Å². The molecule has 0 bridgehead atoms. The molecule has 7 heteroatoms. The lowest BCUT2D eigenvalue weighted by Crippen LogP contribution is -2.07. The van der Waals surface area contributed by atoms with E-state index in [1.807, 2.05) is 31.2 Å². The van der Waals surface area contributed by atoms with E-state index in [0.717, 1.165) is 17.4 Å². The van der Waals surface area contributed by atoms with Gasteiger partial charge in [0.15, 0.2) is 5.76 Å². The van der Waals surface area contributed by atoms with Gasteiger partial charge in [-0.25, -0.2) is 18.4 Å². The van der Waals surface area contributed by atoms with Gasteiger partial charge in [0.25, 0.3) is 0 Å². The minimum absolute atomic E-state index is 0.161. The molecule has 0 saturated heterocycles. The zero-order chi connectivity index (χ0) is 19.9. The Kier molecular flexibility index (Phi) is 6.37. The number of halogens is 2. The maximum absolute atomic E-state index is 14.3. The Morgan fingerprint density at radius 2 is 1.86 bits per heavy atom. The fraction of sp³-hybridized carbons (Fsp3) is 0.238. The lowest BCUT2D eigenvalue weighted by Gasteiger charge is -2.15. The molecule has 5 nitrogen and oxygen atoms in total. The van der Waals surface area contributed by atoms with Crippen molar-refractivity contribution in [2.75, 3.05) is 13.2 Å². The quantitative estimate of drug-likeness (QED) is 0.417. The molecule has 3 aromatic rings. The van der Waals surface area contributed by atoms with E-state index in [9.17, 15) is 8.78 Å². The number of nitrogens with zero attached hydrogens (tertiary/aromatic N) is 3. The van der Waals surface area contributed by atoms with Crippen LogP contribution in [0.1, 0.15) is 24.5 Å². The summed E-state index contributed by atoms with van der Waals surface area (Å²) in [6.45, 7) is 4.49. The van der Waals surface area contributed by atoms with Gasteiger partial charge in [-0.05, 0) is 38.1 Å². The van der Waals surface area contributed by atoms with Crippen molar-refractivity contribution in [1.82, 2.24) is 14.8 Å². The molecule has 0 radical (unpaired) electrons. The normalized spacial score (nSPS) is 11.9. The van der Waals surface area contributed by atoms with Crippen molar-refractivity contribution in [1.29, 1.82) is 0 Å². The molecule has 0 aliphatic carbocycles. The third kappa shape index (κ3) is 4.94. The van der Waals surface area contributed by atoms with Crippen LogP contribution in [0.15, 0.2) is 55.1 Å². The lowest BCUT2D eigenvalue weighted by atomic mass is 10.1. The number of ether oxygens (including phenoxy) is 2. The van der Waals surface area contributed by atoms with E-state index in [4.69, 9.17) is 9.47 Å². The second-order valence-corrected chi connectivity index (χ2v) is 6.24. The molecule has 0 fully saturated rings. The van der Waals surface area contributed by atoms with E-state index >= 15 is 0 Å². The van der Waals surface area contributed by atoms with Gasteiger partial charge in [0.2, 0.25) is 0 Å². The molecular weight excluding hydrogens is 364 g/mol. The van der Waals surface area contributed by atoms with Crippen LogP contribution in [0, 0.1) is 18.6 Å². The summed E-state index contributed by atoms with van der Waals surface area (Å²) in [5, 5.41) is 4.05. The van der Waals surface area contributed by atoms with Gasteiger partial charge in [-0.15, -0.1) is 0 Å². The fourth-order valence-electron chi connectivity index (χ4n) is 2.59. The van der Waals surface area contributed by atoms with Crippen molar-refractivity contribution in [2.45, 2.75) is 20.3 Å². The molecule has 0 saturated carbocycles. The van der Waals surface area contributed by atoms with E-state index in [-0.39, 0.29) is 11.3 Å². The molecule has 0 N–H and O–H groups in total. The highest BCUT2D eigenvalue weighted by molar-refractivity contribution is 5.77. The minimum atomic E-state index is -0.703. The molecule has 0 amide bonds. The summed E-state index contributed by atoms with van der Waals surface area (Å²) in [7, 11) is 0. The molecule has 1 heterocycles. The molecule has 0 aliphatic heterocycles. The highest BCUT2D eigenvalue weighted by Gasteiger charge is 2.15. The van der Waals surface area contributed by atoms with Gasteiger partial charge in [-0.2, -0.15) is 5.10 Å². The molecule has 3 rings (SSSR count). The van der Waals surface area contributed by atoms with Crippen LogP contribution in [0.25, 0.3) is 11.5 Å². The van der Waals surface area contributed by atoms with Gasteiger partial charge < -0.3 is 9.47 Å². The van der Waals surface area contributed by atoms with Crippen molar-refractivity contribution >= 4 is 11.5 Å². The summed E-state index contributed by atoms with van der Waals surface area (Å²) in [5.41, 5.74) is 1.87. The molecule has 0 aliphatic rings. The topological polar surface area (TPSA) is 49.2 Å². The fourth-order valence-corrected chi connectivity index (χ4v) is 2.59. The van der Waals surface area contributed by atoms with Crippen molar-refractivity contribution < 1.29 is 18.3 Å². The van der Waals surface area contributed by atoms with Gasteiger partial charge in [0, 0.05) is 12.5 Å². The third-order valence-corrected chi connectivity index (χ3v) is 4.09. The number of aryl methyl sites for hydroxylation is 1. The first-order chi connectivity index (χ1) is 13.5. The van der Waals surface area contributed by atoms with E-state index in [1.54, 1.807) is 6.92 Å². The molecule has 0 spiro atoms. The molecule has 2 aromatic carbocycles. The van der Waals surface area contributed by atoms with Crippen molar-refractivity contribution in [3.05, 3.63) is 77.9 Å². The molecule has 0 unspecified atom stereocenters. The lowest BCUT2D eigenvalue weighted by molar-refractivity contribution is 0.225. The standard InChI is InChI=1S/C21H21F2N3O2/c1-15-4-7-18(8-5-15)27-10-3-11-28-21(16(2)26-14-24-13-25-26)19-9-6-17(22)12-20(19)23/h4-9,12-14H,3,10-11H2,1-2H3/b21-16-. The van der Waals surface area contributed by atoms with E-state index in [1.165, 1.54) is 29.5 Å². The van der Waals surface area contributed by atoms with Gasteiger partial charge in [-0.1, -0.05) is 17.7 Å². The van der Waals surface area contributed by atoms with Crippen LogP contribution in [0.3, 0.4) is 0 Å². The van der Waals surface area contributed by atoms with E-state index < -0.39 is 11.6 Å². The van der Waals surface area contributed by atoms with Crippen molar-refractivity contribution in [3.8, 4) is 5.75 Å². The summed E-state index contributed by atoms with van der Waals surface area (Å²) in [5.74, 6) is -0.293. The Morgan fingerprint density at radius 1 is 1.07 bits per heavy atom. The summed E-state index contributed by atoms with van der Waals surface area (Å²) >= 11 is 0. The van der Waals surface area contributed by atoms with Gasteiger partial charge >= 0.3 is 0 Å². The zero-order valence-corrected chi connectivity index (χ0v) is 15.7. The first-order valence-corrected chi connectivity index (χ1v) is 8.88. The van der Waals surface area contributed by atoms with Crippen molar-refractivity contribution in [2.24, 2.45) is 0 Å². The average Bonchev–Trinajstić information content (AvgIpc) is 3.21. The Morgan fingerprint density at radius 3 is 2.54 bits per heavy atom. The summed E-state index contributed by atoms with van der Waals surface area (Å²) < 4.78 is 40.6. The van der Waals surface area contributed by atoms with Gasteiger partial charge in [-0.3, -0.25) is 0 Å². The maximum Gasteiger partial charge on any atom is 0.150 e. The van der Waals surface area contributed by atoms with Crippen LogP contribution >= 0.6 is 0 Å². The first kappa shape index (κ1) is 19.5. The smallest absolute Gasteiger partial charge is 0.150 e. The molecule has 1 aromatic heterocycles. The molecular formula is C21H21F2N3O2. The number of benzene rings is 2. The number of aromatic nitrogens is 3. The average molecular weight is 385 g/mol. The van der Waals surface area contributed by atoms with Crippen LogP contribution in [0.5, 0.6) is 5.75 Å². The van der Waals surface area contributed by atoms with Crippen LogP contribution in [-0.2, 0) is 4.74 Å². The number of rotatable bonds is 8. The van der Waals surface area contributed by atoms with E-state index in [0.29, 0.717) is 25.3 Å². The number of hydrogen-bond donors (Lipinski definition) is 0. The Balaban J connectivity index is 1.68. The summed E-state index contributed by atoms with van der Waals surface area (Å²) in [6, 6.07) is 11.1. The second-order valence-electron chi connectivity index (χ2n) is 6.24. The van der Waals surface area contributed by atoms with Crippen LogP contribution in [0.2, 0.25) is 0 Å². The second kappa shape index (κ2) is 9.12. The Bertz CT molecular complexity index is 939. The maximum atomic E-state index is 14.3. The number of hydrogen-bond acceptors (Lipinski definition) is 4. The van der Waals surface area contributed by atoms with Gasteiger partial charge in [0.05, 0.1) is 24.5 Å². The Labute approximate surface area is 162 Å². The predicted octanol–water partition coefficient (Wildman–Crippen LogP) is 4.70. The minimum Gasteiger partial charge on any atom is -0.493 e. The third-order valence-electron chi connectivity index (χ3n) is 4.09. The van der Waals surface area contributed by atoms with Crippen molar-refractivity contribution in [3.63, 3.8) is 0 Å². The summed E-state index contributed by atoms with van der Waals surface area (Å²) in [6.07, 6.45) is 3.45. The SMILES string of the molecule is C/C(=C(/OCCCOc1ccc(C)cc1)c1ccc(F)cc1F)n1cncn1. The largest absolute Gasteiger partial charge is 0.493 e. The molecule has 28 heavy (non-hydrogen) atoms. The Hall–Kier alpha value is -3.22. The molecule has 0 atom stereocenters. The monoisotopic (exact) mass is 385 g/mol. The summed E-state index contributed by atoms with van der Waals surface area (Å²) in [4.78, 5) is 3.89. The highest BCUT2D eigenvalue weighted by Crippen LogP contribution is 2.26. The van der Waals surface area contributed by atoms with Gasteiger partial charge in [0.1, 0.15) is 30.0 Å².